The molecule has 2 N–H and O–H groups in total. The molecule has 0 saturated heterocycles. The van der Waals surface area contributed by atoms with Crippen molar-refractivity contribution in [1.29, 1.82) is 0 Å². The van der Waals surface area contributed by atoms with Crippen LogP contribution < -0.4 is 4.72 Å². The lowest BCUT2D eigenvalue weighted by Gasteiger charge is -2.11. The molecule has 2 aromatic rings. The summed E-state index contributed by atoms with van der Waals surface area (Å²) in [6.45, 7) is -0.414. The number of sulfonamides is 1. The highest BCUT2D eigenvalue weighted by Gasteiger charge is 2.21. The standard InChI is InChI=1S/C12H9Cl3N2O3S/c13-8-2-1-3-16-12(8)17-21(19,20)11-4-7(6-18)9(14)5-10(11)15/h1-5,18H,6H2,(H,16,17). The van der Waals surface area contributed by atoms with E-state index in [4.69, 9.17) is 39.9 Å². The third-order valence-electron chi connectivity index (χ3n) is 2.55. The van der Waals surface area contributed by atoms with Crippen LogP contribution in [0.5, 0.6) is 0 Å². The van der Waals surface area contributed by atoms with E-state index in [1.807, 2.05) is 0 Å². The van der Waals surface area contributed by atoms with Gasteiger partial charge in [-0.2, -0.15) is 0 Å². The molecule has 0 amide bonds. The molecular formula is C12H9Cl3N2O3S. The van der Waals surface area contributed by atoms with Gasteiger partial charge in [0.2, 0.25) is 0 Å². The second-order valence-electron chi connectivity index (χ2n) is 3.97. The molecule has 2 rings (SSSR count). The Bertz CT molecular complexity index is 781. The summed E-state index contributed by atoms with van der Waals surface area (Å²) in [5, 5.41) is 9.41. The fourth-order valence-electron chi connectivity index (χ4n) is 1.54. The summed E-state index contributed by atoms with van der Waals surface area (Å²) >= 11 is 17.6. The number of nitrogens with one attached hydrogen (secondary N) is 1. The third kappa shape index (κ3) is 3.59. The van der Waals surface area contributed by atoms with Crippen molar-refractivity contribution in [2.75, 3.05) is 4.72 Å². The molecule has 1 aromatic heterocycles. The molecule has 0 atom stereocenters. The molecule has 0 unspecified atom stereocenters. The molecule has 0 saturated carbocycles. The summed E-state index contributed by atoms with van der Waals surface area (Å²) in [6, 6.07) is 5.52. The number of aromatic nitrogens is 1. The highest BCUT2D eigenvalue weighted by molar-refractivity contribution is 7.92. The van der Waals surface area contributed by atoms with Crippen molar-refractivity contribution < 1.29 is 13.5 Å². The van der Waals surface area contributed by atoms with Gasteiger partial charge in [-0.3, -0.25) is 4.72 Å². The van der Waals surface area contributed by atoms with Crippen LogP contribution in [0.15, 0.2) is 35.4 Å². The topological polar surface area (TPSA) is 79.3 Å². The number of anilines is 1. The summed E-state index contributed by atoms with van der Waals surface area (Å²) < 4.78 is 26.9. The fraction of sp³-hybridized carbons (Fsp3) is 0.0833. The maximum absolute atomic E-state index is 12.3. The number of pyridine rings is 1. The van der Waals surface area contributed by atoms with Crippen LogP contribution in [0.25, 0.3) is 0 Å². The number of hydrogen-bond acceptors (Lipinski definition) is 4. The minimum absolute atomic E-state index is 0.0178. The summed E-state index contributed by atoms with van der Waals surface area (Å²) in [5.41, 5.74) is 0.244. The van der Waals surface area contributed by atoms with E-state index in [0.29, 0.717) is 0 Å². The highest BCUT2D eigenvalue weighted by atomic mass is 35.5. The van der Waals surface area contributed by atoms with Gasteiger partial charge in [-0.25, -0.2) is 13.4 Å². The monoisotopic (exact) mass is 366 g/mol. The minimum Gasteiger partial charge on any atom is -0.392 e. The highest BCUT2D eigenvalue weighted by Crippen LogP contribution is 2.30. The maximum atomic E-state index is 12.3. The van der Waals surface area contributed by atoms with Gasteiger partial charge >= 0.3 is 0 Å². The van der Waals surface area contributed by atoms with Crippen molar-refractivity contribution in [3.05, 3.63) is 51.1 Å². The Hall–Kier alpha value is -1.05. The number of benzene rings is 1. The van der Waals surface area contributed by atoms with Gasteiger partial charge in [0.25, 0.3) is 10.0 Å². The van der Waals surface area contributed by atoms with Gasteiger partial charge in [-0.1, -0.05) is 34.8 Å². The number of nitrogens with zero attached hydrogens (tertiary/aromatic N) is 1. The Balaban J connectivity index is 2.47. The zero-order chi connectivity index (χ0) is 15.6. The Morgan fingerprint density at radius 3 is 2.48 bits per heavy atom. The van der Waals surface area contributed by atoms with Crippen LogP contribution in [0.2, 0.25) is 15.1 Å². The van der Waals surface area contributed by atoms with E-state index in [9.17, 15) is 8.42 Å². The van der Waals surface area contributed by atoms with Crippen molar-refractivity contribution in [3.8, 4) is 0 Å². The summed E-state index contributed by atoms with van der Waals surface area (Å²) in [5.74, 6) is -0.0178. The molecule has 0 aliphatic heterocycles. The van der Waals surface area contributed by atoms with Crippen LogP contribution in [0.4, 0.5) is 5.82 Å². The number of aliphatic hydroxyl groups excluding tert-OH is 1. The van der Waals surface area contributed by atoms with E-state index in [2.05, 4.69) is 9.71 Å². The lowest BCUT2D eigenvalue weighted by atomic mass is 10.2. The molecule has 0 spiro atoms. The molecule has 112 valence electrons. The molecule has 0 aliphatic carbocycles. The maximum Gasteiger partial charge on any atom is 0.264 e. The van der Waals surface area contributed by atoms with Gasteiger partial charge in [0.1, 0.15) is 4.90 Å². The molecular weight excluding hydrogens is 359 g/mol. The van der Waals surface area contributed by atoms with Crippen LogP contribution in [0.1, 0.15) is 5.56 Å². The Labute approximate surface area is 136 Å². The first kappa shape index (κ1) is 16.3. The van der Waals surface area contributed by atoms with E-state index >= 15 is 0 Å². The second kappa shape index (κ2) is 6.37. The molecule has 0 bridgehead atoms. The normalized spacial score (nSPS) is 11.4. The number of hydrogen-bond donors (Lipinski definition) is 2. The van der Waals surface area contributed by atoms with E-state index in [0.717, 1.165) is 0 Å². The van der Waals surface area contributed by atoms with Crippen LogP contribution in [0.3, 0.4) is 0 Å². The van der Waals surface area contributed by atoms with E-state index < -0.39 is 16.6 Å². The lowest BCUT2D eigenvalue weighted by Crippen LogP contribution is -2.15. The zero-order valence-corrected chi connectivity index (χ0v) is 13.4. The molecule has 1 heterocycles. The average Bonchev–Trinajstić information content (AvgIpc) is 2.41. The number of aliphatic hydroxyl groups is 1. The van der Waals surface area contributed by atoms with Crippen LogP contribution >= 0.6 is 34.8 Å². The smallest absolute Gasteiger partial charge is 0.264 e. The molecule has 0 aliphatic rings. The van der Waals surface area contributed by atoms with Crippen LogP contribution in [-0.2, 0) is 16.6 Å². The Kier molecular flexibility index (Phi) is 4.95. The van der Waals surface area contributed by atoms with Crippen molar-refractivity contribution in [2.24, 2.45) is 0 Å². The van der Waals surface area contributed by atoms with E-state index in [-0.39, 0.29) is 31.3 Å². The average molecular weight is 368 g/mol. The summed E-state index contributed by atoms with van der Waals surface area (Å²) in [7, 11) is -4.01. The quantitative estimate of drug-likeness (QED) is 0.868. The van der Waals surface area contributed by atoms with Crippen molar-refractivity contribution in [3.63, 3.8) is 0 Å². The first-order valence-electron chi connectivity index (χ1n) is 5.57. The van der Waals surface area contributed by atoms with Gasteiger partial charge in [0, 0.05) is 11.2 Å². The second-order valence-corrected chi connectivity index (χ2v) is 6.84. The van der Waals surface area contributed by atoms with Gasteiger partial charge in [-0.15, -0.1) is 0 Å². The van der Waals surface area contributed by atoms with E-state index in [1.165, 1.54) is 24.4 Å². The summed E-state index contributed by atoms with van der Waals surface area (Å²) in [6.07, 6.45) is 1.40. The molecule has 21 heavy (non-hydrogen) atoms. The fourth-order valence-corrected chi connectivity index (χ4v) is 3.65. The lowest BCUT2D eigenvalue weighted by molar-refractivity contribution is 0.281. The zero-order valence-electron chi connectivity index (χ0n) is 10.3. The SMILES string of the molecule is O=S(=O)(Nc1ncccc1Cl)c1cc(CO)c(Cl)cc1Cl. The van der Waals surface area contributed by atoms with Gasteiger partial charge in [-0.05, 0) is 29.8 Å². The van der Waals surface area contributed by atoms with Gasteiger partial charge < -0.3 is 5.11 Å². The third-order valence-corrected chi connectivity index (χ3v) is 5.01. The number of halogens is 3. The Morgan fingerprint density at radius 1 is 1.14 bits per heavy atom. The van der Waals surface area contributed by atoms with Crippen molar-refractivity contribution in [2.45, 2.75) is 11.5 Å². The molecule has 0 radical (unpaired) electrons. The van der Waals surface area contributed by atoms with Crippen molar-refractivity contribution >= 4 is 50.6 Å². The first-order chi connectivity index (χ1) is 9.85. The molecule has 5 nitrogen and oxygen atoms in total. The molecule has 0 fully saturated rings. The van der Waals surface area contributed by atoms with Crippen LogP contribution in [-0.4, -0.2) is 18.5 Å². The minimum atomic E-state index is -4.01. The molecule has 9 heteroatoms. The van der Waals surface area contributed by atoms with Gasteiger partial charge in [0.05, 0.1) is 16.7 Å². The first-order valence-corrected chi connectivity index (χ1v) is 8.19. The summed E-state index contributed by atoms with van der Waals surface area (Å²) in [4.78, 5) is 3.62. The van der Waals surface area contributed by atoms with Crippen LogP contribution in [0, 0.1) is 0 Å². The van der Waals surface area contributed by atoms with E-state index in [1.54, 1.807) is 6.07 Å². The number of rotatable bonds is 4. The van der Waals surface area contributed by atoms with Gasteiger partial charge in [0.15, 0.2) is 5.82 Å². The Morgan fingerprint density at radius 2 is 1.86 bits per heavy atom. The largest absolute Gasteiger partial charge is 0.392 e. The molecule has 1 aromatic carbocycles. The van der Waals surface area contributed by atoms with Crippen molar-refractivity contribution in [1.82, 2.24) is 4.98 Å². The predicted octanol–water partition coefficient (Wildman–Crippen LogP) is 3.33. The predicted molar refractivity (Wildman–Crippen MR) is 82.4 cm³/mol.